The molecule has 0 bridgehead atoms. The summed E-state index contributed by atoms with van der Waals surface area (Å²) in [5, 5.41) is 8.35. The molecule has 0 aromatic carbocycles. The molecule has 1 rings (SSSR count). The maximum atomic E-state index is 13.2. The Hall–Kier alpha value is -1.80. The molecule has 3 nitrogen and oxygen atoms in total. The number of carbonyl (C=O) groups is 1. The summed E-state index contributed by atoms with van der Waals surface area (Å²) in [7, 11) is 0. The van der Waals surface area contributed by atoms with Crippen molar-refractivity contribution in [3.05, 3.63) is 28.8 Å². The summed E-state index contributed by atoms with van der Waals surface area (Å²) in [4.78, 5) is 12.9. The Morgan fingerprint density at radius 3 is 2.33 bits per heavy atom. The van der Waals surface area contributed by atoms with E-state index in [9.17, 15) is 31.1 Å². The second-order valence-electron chi connectivity index (χ2n) is 3.23. The third-order valence-corrected chi connectivity index (χ3v) is 1.91. The van der Waals surface area contributed by atoms with E-state index in [0.29, 0.717) is 0 Å². The maximum absolute atomic E-state index is 13.2. The molecule has 1 aromatic rings. The van der Waals surface area contributed by atoms with Gasteiger partial charge in [0.05, 0.1) is 6.42 Å². The number of carboxylic acid groups (broad SMARTS) is 1. The minimum atomic E-state index is -5.21. The van der Waals surface area contributed by atoms with Gasteiger partial charge in [0.15, 0.2) is 5.69 Å². The fraction of sp³-hybridized carbons (Fsp3) is 0.333. The van der Waals surface area contributed by atoms with Crippen molar-refractivity contribution in [2.24, 2.45) is 0 Å². The summed E-state index contributed by atoms with van der Waals surface area (Å²) in [5.74, 6) is -3.40. The van der Waals surface area contributed by atoms with Crippen LogP contribution in [0.15, 0.2) is 6.07 Å². The number of aromatic nitrogens is 1. The first-order valence-electron chi connectivity index (χ1n) is 4.39. The third kappa shape index (κ3) is 3.11. The monoisotopic (exact) mass is 273 g/mol. The molecule has 0 saturated heterocycles. The number of aliphatic carboxylic acids is 1. The summed E-state index contributed by atoms with van der Waals surface area (Å²) < 4.78 is 75.0. The molecule has 100 valence electrons. The number of rotatable bonds is 3. The van der Waals surface area contributed by atoms with Gasteiger partial charge in [-0.1, -0.05) is 0 Å². The van der Waals surface area contributed by atoms with Gasteiger partial charge in [-0.3, -0.25) is 4.79 Å². The van der Waals surface area contributed by atoms with Crippen LogP contribution in [-0.2, 0) is 17.4 Å². The zero-order chi connectivity index (χ0) is 14.1. The van der Waals surface area contributed by atoms with Crippen molar-refractivity contribution in [1.82, 2.24) is 4.98 Å². The lowest BCUT2D eigenvalue weighted by Gasteiger charge is -2.13. The molecule has 0 saturated carbocycles. The second kappa shape index (κ2) is 4.83. The molecular weight excluding hydrogens is 268 g/mol. The highest BCUT2D eigenvalue weighted by atomic mass is 19.4. The van der Waals surface area contributed by atoms with E-state index in [1.807, 2.05) is 0 Å². The van der Waals surface area contributed by atoms with Gasteiger partial charge in [0, 0.05) is 11.6 Å². The molecule has 1 heterocycles. The fourth-order valence-corrected chi connectivity index (χ4v) is 1.22. The van der Waals surface area contributed by atoms with Crippen molar-refractivity contribution in [1.29, 1.82) is 0 Å². The molecular formula is C9H5F6NO2. The number of hydrogen-bond donors (Lipinski definition) is 1. The Bertz CT molecular complexity index is 471. The topological polar surface area (TPSA) is 50.2 Å². The summed E-state index contributed by atoms with van der Waals surface area (Å²) in [6, 6.07) is 0.0954. The van der Waals surface area contributed by atoms with Crippen LogP contribution >= 0.6 is 0 Å². The van der Waals surface area contributed by atoms with Gasteiger partial charge in [0.1, 0.15) is 11.5 Å². The van der Waals surface area contributed by atoms with Crippen LogP contribution < -0.4 is 0 Å². The molecule has 0 aliphatic rings. The molecule has 1 N–H and O–H groups in total. The van der Waals surface area contributed by atoms with Crippen LogP contribution in [0, 0.1) is 5.82 Å². The Kier molecular flexibility index (Phi) is 3.82. The lowest BCUT2D eigenvalue weighted by Crippen LogP contribution is -2.18. The van der Waals surface area contributed by atoms with Gasteiger partial charge in [-0.15, -0.1) is 0 Å². The van der Waals surface area contributed by atoms with E-state index in [1.165, 1.54) is 0 Å². The minimum absolute atomic E-state index is 0.0954. The Balaban J connectivity index is 3.45. The fourth-order valence-electron chi connectivity index (χ4n) is 1.22. The number of nitrogens with zero attached hydrogens (tertiary/aromatic N) is 1. The van der Waals surface area contributed by atoms with Crippen LogP contribution in [0.2, 0.25) is 0 Å². The summed E-state index contributed by atoms with van der Waals surface area (Å²) in [6.07, 6.45) is -9.90. The number of carboxylic acids is 1. The standard InChI is InChI=1S/C9H5F6NO2/c10-4-2-5(8(11)12)16-7(9(13,14)15)3(4)1-6(17)18/h2,8H,1H2,(H,17,18). The van der Waals surface area contributed by atoms with Gasteiger partial charge in [-0.05, 0) is 0 Å². The highest BCUT2D eigenvalue weighted by molar-refractivity contribution is 5.70. The zero-order valence-electron chi connectivity index (χ0n) is 8.43. The lowest BCUT2D eigenvalue weighted by atomic mass is 10.1. The van der Waals surface area contributed by atoms with Crippen molar-refractivity contribution in [2.75, 3.05) is 0 Å². The molecule has 9 heteroatoms. The quantitative estimate of drug-likeness (QED) is 0.861. The second-order valence-corrected chi connectivity index (χ2v) is 3.23. The molecule has 0 spiro atoms. The van der Waals surface area contributed by atoms with E-state index in [0.717, 1.165) is 0 Å². The first kappa shape index (κ1) is 14.3. The third-order valence-electron chi connectivity index (χ3n) is 1.91. The summed E-state index contributed by atoms with van der Waals surface area (Å²) in [5.41, 5.74) is -4.60. The molecule has 0 amide bonds. The number of alkyl halides is 5. The van der Waals surface area contributed by atoms with Crippen LogP contribution in [0.5, 0.6) is 0 Å². The van der Waals surface area contributed by atoms with E-state index < -0.39 is 47.8 Å². The maximum Gasteiger partial charge on any atom is 0.433 e. The Labute approximate surface area is 96.1 Å². The van der Waals surface area contributed by atoms with Gasteiger partial charge < -0.3 is 5.11 Å². The molecule has 18 heavy (non-hydrogen) atoms. The number of pyridine rings is 1. The van der Waals surface area contributed by atoms with Crippen LogP contribution in [0.1, 0.15) is 23.4 Å². The SMILES string of the molecule is O=C(O)Cc1c(F)cc(C(F)F)nc1C(F)(F)F. The number of hydrogen-bond acceptors (Lipinski definition) is 2. The highest BCUT2D eigenvalue weighted by Crippen LogP contribution is 2.33. The van der Waals surface area contributed by atoms with Crippen LogP contribution in [0.4, 0.5) is 26.3 Å². The van der Waals surface area contributed by atoms with Crippen molar-refractivity contribution < 1.29 is 36.2 Å². The summed E-state index contributed by atoms with van der Waals surface area (Å²) >= 11 is 0. The predicted molar refractivity (Wildman–Crippen MR) is 45.5 cm³/mol. The predicted octanol–water partition coefficient (Wildman–Crippen LogP) is 2.80. The van der Waals surface area contributed by atoms with Gasteiger partial charge in [-0.25, -0.2) is 18.2 Å². The largest absolute Gasteiger partial charge is 0.481 e. The molecule has 0 unspecified atom stereocenters. The first-order valence-corrected chi connectivity index (χ1v) is 4.39. The van der Waals surface area contributed by atoms with E-state index >= 15 is 0 Å². The van der Waals surface area contributed by atoms with Gasteiger partial charge >= 0.3 is 12.1 Å². The van der Waals surface area contributed by atoms with E-state index in [1.54, 1.807) is 0 Å². The van der Waals surface area contributed by atoms with Crippen LogP contribution in [0.25, 0.3) is 0 Å². The average Bonchev–Trinajstić information content (AvgIpc) is 2.17. The molecule has 0 radical (unpaired) electrons. The van der Waals surface area contributed by atoms with E-state index in [-0.39, 0.29) is 6.07 Å². The normalized spacial score (nSPS) is 11.9. The molecule has 0 fully saturated rings. The Morgan fingerprint density at radius 1 is 1.39 bits per heavy atom. The summed E-state index contributed by atoms with van der Waals surface area (Å²) in [6.45, 7) is 0. The van der Waals surface area contributed by atoms with Crippen molar-refractivity contribution in [3.8, 4) is 0 Å². The molecule has 0 atom stereocenters. The minimum Gasteiger partial charge on any atom is -0.481 e. The van der Waals surface area contributed by atoms with Crippen LogP contribution in [-0.4, -0.2) is 16.1 Å². The Morgan fingerprint density at radius 2 is 1.94 bits per heavy atom. The molecule has 1 aromatic heterocycles. The van der Waals surface area contributed by atoms with Gasteiger partial charge in [-0.2, -0.15) is 13.2 Å². The van der Waals surface area contributed by atoms with Crippen molar-refractivity contribution >= 4 is 5.97 Å². The molecule has 0 aliphatic heterocycles. The highest BCUT2D eigenvalue weighted by Gasteiger charge is 2.38. The van der Waals surface area contributed by atoms with Gasteiger partial charge in [0.2, 0.25) is 0 Å². The zero-order valence-corrected chi connectivity index (χ0v) is 8.43. The molecule has 0 aliphatic carbocycles. The van der Waals surface area contributed by atoms with Crippen LogP contribution in [0.3, 0.4) is 0 Å². The van der Waals surface area contributed by atoms with E-state index in [4.69, 9.17) is 5.11 Å². The van der Waals surface area contributed by atoms with E-state index in [2.05, 4.69) is 4.98 Å². The van der Waals surface area contributed by atoms with Crippen molar-refractivity contribution in [3.63, 3.8) is 0 Å². The smallest absolute Gasteiger partial charge is 0.433 e. The average molecular weight is 273 g/mol. The van der Waals surface area contributed by atoms with Crippen molar-refractivity contribution in [2.45, 2.75) is 19.0 Å². The number of halogens is 6. The lowest BCUT2D eigenvalue weighted by molar-refractivity contribution is -0.143. The first-order chi connectivity index (χ1) is 8.12. The van der Waals surface area contributed by atoms with Gasteiger partial charge in [0.25, 0.3) is 6.43 Å².